The molecule has 1 N–H and O–H groups in total. The van der Waals surface area contributed by atoms with Crippen molar-refractivity contribution in [2.24, 2.45) is 0 Å². The third-order valence-corrected chi connectivity index (χ3v) is 6.09. The molecule has 0 saturated carbocycles. The highest BCUT2D eigenvalue weighted by atomic mass is 32.1. The van der Waals surface area contributed by atoms with E-state index in [-0.39, 0.29) is 5.91 Å². The SMILES string of the molecule is CCn1cc(CN(C)C(=S)Nc2sc(C(=O)N(C)C)c(C)c2C(=O)OC)c(C)n1. The molecule has 2 aromatic heterocycles. The fourth-order valence-electron chi connectivity index (χ4n) is 2.75. The summed E-state index contributed by atoms with van der Waals surface area (Å²) < 4.78 is 6.80. The molecule has 158 valence electrons. The van der Waals surface area contributed by atoms with Crippen molar-refractivity contribution in [3.8, 4) is 0 Å². The average Bonchev–Trinajstić information content (AvgIpc) is 3.19. The topological polar surface area (TPSA) is 79.7 Å². The van der Waals surface area contributed by atoms with Gasteiger partial charge in [-0.3, -0.25) is 9.48 Å². The van der Waals surface area contributed by atoms with E-state index in [1.54, 1.807) is 21.0 Å². The summed E-state index contributed by atoms with van der Waals surface area (Å²) in [6, 6.07) is 0. The lowest BCUT2D eigenvalue weighted by Gasteiger charge is -2.20. The predicted molar refractivity (Wildman–Crippen MR) is 119 cm³/mol. The lowest BCUT2D eigenvalue weighted by atomic mass is 10.1. The summed E-state index contributed by atoms with van der Waals surface area (Å²) in [5.41, 5.74) is 2.92. The van der Waals surface area contributed by atoms with E-state index in [1.807, 2.05) is 36.7 Å². The molecule has 0 radical (unpaired) electrons. The third kappa shape index (κ3) is 4.94. The van der Waals surface area contributed by atoms with Crippen LogP contribution in [-0.2, 0) is 17.8 Å². The molecule has 0 aliphatic rings. The zero-order valence-corrected chi connectivity index (χ0v) is 19.5. The Morgan fingerprint density at radius 3 is 2.48 bits per heavy atom. The average molecular weight is 438 g/mol. The first-order valence-corrected chi connectivity index (χ1v) is 10.3. The van der Waals surface area contributed by atoms with Crippen molar-refractivity contribution in [2.75, 3.05) is 33.6 Å². The van der Waals surface area contributed by atoms with E-state index >= 15 is 0 Å². The quantitative estimate of drug-likeness (QED) is 0.550. The molecular formula is C19H27N5O3S2. The number of methoxy groups -OCH3 is 1. The molecule has 0 unspecified atom stereocenters. The fraction of sp³-hybridized carbons (Fsp3) is 0.474. The summed E-state index contributed by atoms with van der Waals surface area (Å²) >= 11 is 6.73. The number of esters is 1. The third-order valence-electron chi connectivity index (χ3n) is 4.48. The number of carbonyl (C=O) groups is 2. The molecule has 2 heterocycles. The number of aromatic nitrogens is 2. The number of nitrogens with one attached hydrogen (secondary N) is 1. The van der Waals surface area contributed by atoms with Gasteiger partial charge in [0.05, 0.1) is 23.2 Å². The second-order valence-electron chi connectivity index (χ2n) is 6.83. The Balaban J connectivity index is 2.28. The van der Waals surface area contributed by atoms with Crippen LogP contribution in [-0.4, -0.2) is 64.8 Å². The number of ether oxygens (including phenoxy) is 1. The second-order valence-corrected chi connectivity index (χ2v) is 8.24. The Bertz CT molecular complexity index is 933. The summed E-state index contributed by atoms with van der Waals surface area (Å²) in [4.78, 5) is 28.6. The van der Waals surface area contributed by atoms with Crippen LogP contribution in [0, 0.1) is 13.8 Å². The van der Waals surface area contributed by atoms with Gasteiger partial charge < -0.3 is 19.9 Å². The van der Waals surface area contributed by atoms with E-state index in [9.17, 15) is 9.59 Å². The zero-order valence-electron chi connectivity index (χ0n) is 17.8. The van der Waals surface area contributed by atoms with Gasteiger partial charge in [0.2, 0.25) is 0 Å². The molecular weight excluding hydrogens is 410 g/mol. The van der Waals surface area contributed by atoms with Crippen LogP contribution in [0.4, 0.5) is 5.00 Å². The standard InChI is InChI=1S/C19H27N5O3S2/c1-8-24-10-13(12(3)21-24)9-23(6)19(28)20-16-14(18(26)27-7)11(2)15(29-16)17(25)22(4)5/h10H,8-9H2,1-7H3,(H,20,28). The first-order chi connectivity index (χ1) is 13.6. The molecule has 1 amide bonds. The summed E-state index contributed by atoms with van der Waals surface area (Å²) in [6.07, 6.45) is 2.00. The largest absolute Gasteiger partial charge is 0.465 e. The molecule has 0 aliphatic carbocycles. The summed E-state index contributed by atoms with van der Waals surface area (Å²) in [7, 11) is 6.52. The van der Waals surface area contributed by atoms with Crippen LogP contribution >= 0.6 is 23.6 Å². The maximum Gasteiger partial charge on any atom is 0.341 e. The molecule has 10 heteroatoms. The monoisotopic (exact) mass is 437 g/mol. The van der Waals surface area contributed by atoms with Gasteiger partial charge in [-0.05, 0) is 38.6 Å². The molecule has 8 nitrogen and oxygen atoms in total. The van der Waals surface area contributed by atoms with Crippen molar-refractivity contribution in [1.82, 2.24) is 19.6 Å². The van der Waals surface area contributed by atoms with Crippen LogP contribution in [0.1, 0.15) is 43.8 Å². The van der Waals surface area contributed by atoms with Crippen molar-refractivity contribution in [3.63, 3.8) is 0 Å². The summed E-state index contributed by atoms with van der Waals surface area (Å²) in [6.45, 7) is 7.10. The van der Waals surface area contributed by atoms with Crippen molar-refractivity contribution < 1.29 is 14.3 Å². The van der Waals surface area contributed by atoms with Crippen LogP contribution in [0.5, 0.6) is 0 Å². The molecule has 0 aromatic carbocycles. The minimum Gasteiger partial charge on any atom is -0.465 e. The maximum absolute atomic E-state index is 12.5. The van der Waals surface area contributed by atoms with Gasteiger partial charge in [-0.2, -0.15) is 5.10 Å². The molecule has 0 atom stereocenters. The fourth-order valence-corrected chi connectivity index (χ4v) is 4.20. The lowest BCUT2D eigenvalue weighted by molar-refractivity contribution is 0.0601. The first-order valence-electron chi connectivity index (χ1n) is 9.09. The number of anilines is 1. The van der Waals surface area contributed by atoms with Gasteiger partial charge in [0.1, 0.15) is 5.00 Å². The number of amides is 1. The number of rotatable bonds is 6. The van der Waals surface area contributed by atoms with Gasteiger partial charge in [0.25, 0.3) is 5.91 Å². The van der Waals surface area contributed by atoms with Gasteiger partial charge in [0, 0.05) is 46.0 Å². The number of thiophene rings is 1. The molecule has 0 saturated heterocycles. The lowest BCUT2D eigenvalue weighted by Crippen LogP contribution is -2.31. The molecule has 0 bridgehead atoms. The van der Waals surface area contributed by atoms with Crippen LogP contribution in [0.25, 0.3) is 0 Å². The van der Waals surface area contributed by atoms with Gasteiger partial charge in [-0.15, -0.1) is 11.3 Å². The van der Waals surface area contributed by atoms with Gasteiger partial charge in [0.15, 0.2) is 5.11 Å². The minimum absolute atomic E-state index is 0.174. The van der Waals surface area contributed by atoms with E-state index in [0.717, 1.165) is 17.8 Å². The molecule has 0 fully saturated rings. The molecule has 2 rings (SSSR count). The van der Waals surface area contributed by atoms with Crippen molar-refractivity contribution in [2.45, 2.75) is 33.9 Å². The van der Waals surface area contributed by atoms with Gasteiger partial charge >= 0.3 is 5.97 Å². The summed E-state index contributed by atoms with van der Waals surface area (Å²) in [5, 5.41) is 8.50. The molecule has 29 heavy (non-hydrogen) atoms. The number of nitrogens with zero attached hydrogens (tertiary/aromatic N) is 4. The molecule has 2 aromatic rings. The Labute approximate surface area is 180 Å². The Morgan fingerprint density at radius 1 is 1.31 bits per heavy atom. The highest BCUT2D eigenvalue weighted by Gasteiger charge is 2.27. The molecule has 0 spiro atoms. The summed E-state index contributed by atoms with van der Waals surface area (Å²) in [5.74, 6) is -0.683. The smallest absolute Gasteiger partial charge is 0.341 e. The number of carbonyl (C=O) groups excluding carboxylic acids is 2. The molecule has 0 aliphatic heterocycles. The minimum atomic E-state index is -0.510. The van der Waals surface area contributed by atoms with E-state index in [0.29, 0.717) is 32.7 Å². The van der Waals surface area contributed by atoms with E-state index in [4.69, 9.17) is 17.0 Å². The predicted octanol–water partition coefficient (Wildman–Crippen LogP) is 2.90. The number of aryl methyl sites for hydroxylation is 2. The van der Waals surface area contributed by atoms with Crippen molar-refractivity contribution in [1.29, 1.82) is 0 Å². The maximum atomic E-state index is 12.5. The van der Waals surface area contributed by atoms with Crippen LogP contribution < -0.4 is 5.32 Å². The van der Waals surface area contributed by atoms with Crippen LogP contribution in [0.3, 0.4) is 0 Å². The Morgan fingerprint density at radius 2 is 1.97 bits per heavy atom. The highest BCUT2D eigenvalue weighted by molar-refractivity contribution is 7.80. The van der Waals surface area contributed by atoms with Gasteiger partial charge in [-0.25, -0.2) is 4.79 Å². The zero-order chi connectivity index (χ0) is 21.9. The Kier molecular flexibility index (Phi) is 7.37. The van der Waals surface area contributed by atoms with Crippen LogP contribution in [0.2, 0.25) is 0 Å². The normalized spacial score (nSPS) is 10.6. The first kappa shape index (κ1) is 22.8. The number of thiocarbonyl (C=S) groups is 1. The number of hydrogen-bond donors (Lipinski definition) is 1. The van der Waals surface area contributed by atoms with E-state index < -0.39 is 5.97 Å². The van der Waals surface area contributed by atoms with Gasteiger partial charge in [-0.1, -0.05) is 0 Å². The van der Waals surface area contributed by atoms with E-state index in [2.05, 4.69) is 10.4 Å². The second kappa shape index (κ2) is 9.36. The van der Waals surface area contributed by atoms with Crippen molar-refractivity contribution in [3.05, 3.63) is 33.5 Å². The van der Waals surface area contributed by atoms with E-state index in [1.165, 1.54) is 23.3 Å². The Hall–Kier alpha value is -2.46. The van der Waals surface area contributed by atoms with Crippen LogP contribution in [0.15, 0.2) is 6.20 Å². The number of hydrogen-bond acceptors (Lipinski definition) is 6. The highest BCUT2D eigenvalue weighted by Crippen LogP contribution is 2.34. The van der Waals surface area contributed by atoms with Crippen molar-refractivity contribution >= 4 is 45.5 Å².